The van der Waals surface area contributed by atoms with E-state index in [2.05, 4.69) is 0 Å². The van der Waals surface area contributed by atoms with E-state index in [0.717, 1.165) is 0 Å². The molecule has 0 radical (unpaired) electrons. The summed E-state index contributed by atoms with van der Waals surface area (Å²) in [6.07, 6.45) is -11.7. The molecule has 18 atom stereocenters. The molecule has 0 aromatic rings. The van der Waals surface area contributed by atoms with Crippen LogP contribution in [-0.4, -0.2) is 183 Å². The van der Waals surface area contributed by atoms with Crippen LogP contribution in [0.15, 0.2) is 11.6 Å². The molecule has 17 nitrogen and oxygen atoms in total. The number of Topliss-reactive ketones (excluding diaryl/α,β-unsaturated/α-hetero) is 1. The molecule has 0 aromatic heterocycles. The highest BCUT2D eigenvalue weighted by atomic mass is 16.7. The zero-order valence-corrected chi connectivity index (χ0v) is 36.5. The largest absolute Gasteiger partial charge is 0.462 e. The lowest BCUT2D eigenvalue weighted by atomic mass is 9.79. The molecule has 3 aliphatic rings. The average Bonchev–Trinajstić information content (AvgIpc) is 3.18. The quantitative estimate of drug-likeness (QED) is 0.0999. The van der Waals surface area contributed by atoms with Gasteiger partial charge < -0.3 is 73.1 Å². The zero-order chi connectivity index (χ0) is 43.6. The van der Waals surface area contributed by atoms with Gasteiger partial charge in [0.2, 0.25) is 0 Å². The molecule has 0 saturated carbocycles. The van der Waals surface area contributed by atoms with Crippen molar-refractivity contribution in [3.8, 4) is 0 Å². The van der Waals surface area contributed by atoms with Crippen LogP contribution >= 0.6 is 0 Å². The van der Waals surface area contributed by atoms with E-state index in [1.165, 1.54) is 28.4 Å². The Bertz CT molecular complexity index is 1280. The number of allylic oxidation sites excluding steroid dienone is 1. The van der Waals surface area contributed by atoms with Gasteiger partial charge in [0.15, 0.2) is 18.9 Å². The van der Waals surface area contributed by atoms with Gasteiger partial charge in [0, 0.05) is 59.0 Å². The third-order valence-corrected chi connectivity index (χ3v) is 12.3. The second kappa shape index (κ2) is 23.5. The number of carbonyl (C=O) groups is 2. The van der Waals surface area contributed by atoms with Gasteiger partial charge in [-0.2, -0.15) is 0 Å². The molecule has 17 heteroatoms. The minimum Gasteiger partial charge on any atom is -0.462 e. The predicted octanol–water partition coefficient (Wildman–Crippen LogP) is 1.18. The van der Waals surface area contributed by atoms with Crippen LogP contribution in [0.25, 0.3) is 0 Å². The summed E-state index contributed by atoms with van der Waals surface area (Å²) in [7, 11) is 9.32. The summed E-state index contributed by atoms with van der Waals surface area (Å²) in [6, 6.07) is -0.741. The number of esters is 1. The van der Waals surface area contributed by atoms with Crippen LogP contribution < -0.4 is 0 Å². The lowest BCUT2D eigenvalue weighted by Gasteiger charge is -2.47. The molecule has 0 bridgehead atoms. The van der Waals surface area contributed by atoms with Crippen molar-refractivity contribution in [3.63, 3.8) is 0 Å². The van der Waals surface area contributed by atoms with Crippen LogP contribution in [0.1, 0.15) is 73.6 Å². The van der Waals surface area contributed by atoms with Crippen LogP contribution in [0.4, 0.5) is 0 Å². The van der Waals surface area contributed by atoms with Gasteiger partial charge in [-0.1, -0.05) is 26.8 Å². The maximum Gasteiger partial charge on any atom is 0.308 e. The highest BCUT2D eigenvalue weighted by Gasteiger charge is 2.48. The number of ether oxygens (including phenoxy) is 9. The maximum atomic E-state index is 13.9. The van der Waals surface area contributed by atoms with E-state index in [-0.39, 0.29) is 38.1 Å². The molecule has 3 rings (SSSR count). The summed E-state index contributed by atoms with van der Waals surface area (Å²) in [4.78, 5) is 29.3. The van der Waals surface area contributed by atoms with E-state index in [0.29, 0.717) is 5.57 Å². The number of likely N-dealkylation sites (N-methyl/N-ethyl adjacent to an activating group) is 1. The Hall–Kier alpha value is -1.68. The summed E-state index contributed by atoms with van der Waals surface area (Å²) in [5.74, 6) is -3.59. The number of cyclic esters (lactones) is 1. The first kappa shape index (κ1) is 50.7. The highest BCUT2D eigenvalue weighted by molar-refractivity contribution is 5.82. The van der Waals surface area contributed by atoms with Gasteiger partial charge in [0.25, 0.3) is 0 Å². The fraction of sp³-hybridized carbons (Fsp3) is 0.902. The van der Waals surface area contributed by atoms with Gasteiger partial charge in [-0.15, -0.1) is 0 Å². The Morgan fingerprint density at radius 2 is 1.45 bits per heavy atom. The Morgan fingerprint density at radius 3 is 2.02 bits per heavy atom. The molecular weight excluding hydrogens is 762 g/mol. The van der Waals surface area contributed by atoms with Crippen molar-refractivity contribution in [3.05, 3.63) is 11.6 Å². The number of hydrogen-bond acceptors (Lipinski definition) is 17. The number of ketones is 1. The Morgan fingerprint density at radius 1 is 0.845 bits per heavy atom. The van der Waals surface area contributed by atoms with Crippen molar-refractivity contribution in [2.75, 3.05) is 49.1 Å². The standard InChI is InChI=1S/C41H73NO16/c1-13-29-26(19-54-41-39(53-12)38(52-11)35(48)24(6)56-41)33(46)20(2)14-15-27(43)21(3)16-25(17-31(50-9)51-10)37(22(4)28(44)18-30(45)57-29)58-40-36(49)32(42(7)8)34(47)23(5)55-40/h14,21-26,28-29,31-41,44,46-49H,13,15-19H2,1-12H3/b20-14+/t21-,22+,23-,24-,25-,26-,28-,29-,32+,33-,34-,35-,36-,37-,38-,39-,40+,41-/m1/s1. The summed E-state index contributed by atoms with van der Waals surface area (Å²) in [5.41, 5.74) is 0.461. The van der Waals surface area contributed by atoms with E-state index < -0.39 is 128 Å². The summed E-state index contributed by atoms with van der Waals surface area (Å²) in [5, 5.41) is 56.6. The Labute approximate surface area is 344 Å². The molecular formula is C41H73NO16. The van der Waals surface area contributed by atoms with Crippen molar-refractivity contribution in [2.24, 2.45) is 23.7 Å². The first-order valence-electron chi connectivity index (χ1n) is 20.5. The van der Waals surface area contributed by atoms with Gasteiger partial charge in [0.1, 0.15) is 36.3 Å². The third kappa shape index (κ3) is 12.7. The Balaban J connectivity index is 2.03. The number of carbonyl (C=O) groups excluding carboxylic acids is 2. The molecule has 3 aliphatic heterocycles. The SMILES string of the molecule is CC[C@H]1OC(=O)C[C@@H](O)[C@H](C)[C@@H](O[C@@H]2O[C@H](C)[C@@H](O)[C@H](N(C)C)[C@H]2O)[C@@H](CC(OC)OC)C[C@@H](C)C(=O)C/C=C(\C)[C@@H](O)[C@@H]1CO[C@@H]1O[C@H](C)[C@@H](O)[C@@H](OC)[C@H]1OC. The minimum atomic E-state index is -1.34. The van der Waals surface area contributed by atoms with Gasteiger partial charge in [-0.25, -0.2) is 0 Å². The van der Waals surface area contributed by atoms with Crippen molar-refractivity contribution in [1.29, 1.82) is 0 Å². The molecule has 0 unspecified atom stereocenters. The van der Waals surface area contributed by atoms with Gasteiger partial charge in [-0.3, -0.25) is 9.59 Å². The molecule has 3 heterocycles. The van der Waals surface area contributed by atoms with Crippen molar-refractivity contribution in [2.45, 2.75) is 166 Å². The fourth-order valence-electron chi connectivity index (χ4n) is 8.48. The number of nitrogens with zero attached hydrogens (tertiary/aromatic N) is 1. The smallest absolute Gasteiger partial charge is 0.308 e. The van der Waals surface area contributed by atoms with E-state index in [9.17, 15) is 35.1 Å². The lowest BCUT2D eigenvalue weighted by molar-refractivity contribution is -0.306. The van der Waals surface area contributed by atoms with Crippen LogP contribution in [0.5, 0.6) is 0 Å². The predicted molar refractivity (Wildman–Crippen MR) is 209 cm³/mol. The van der Waals surface area contributed by atoms with Crippen molar-refractivity contribution in [1.82, 2.24) is 4.90 Å². The maximum absolute atomic E-state index is 13.9. The van der Waals surface area contributed by atoms with Gasteiger partial charge >= 0.3 is 5.97 Å². The highest BCUT2D eigenvalue weighted by Crippen LogP contribution is 2.36. The lowest BCUT2D eigenvalue weighted by Crippen LogP contribution is -2.63. The van der Waals surface area contributed by atoms with Crippen LogP contribution in [0.3, 0.4) is 0 Å². The van der Waals surface area contributed by atoms with Crippen LogP contribution in [0, 0.1) is 23.7 Å². The average molecular weight is 836 g/mol. The van der Waals surface area contributed by atoms with E-state index in [1.54, 1.807) is 66.6 Å². The Kier molecular flexibility index (Phi) is 20.5. The van der Waals surface area contributed by atoms with Crippen molar-refractivity contribution >= 4 is 11.8 Å². The van der Waals surface area contributed by atoms with E-state index in [4.69, 9.17) is 42.6 Å². The second-order valence-electron chi connectivity index (χ2n) is 16.5. The minimum absolute atomic E-state index is 0.0185. The van der Waals surface area contributed by atoms with E-state index in [1.807, 2.05) is 0 Å². The molecule has 0 aromatic carbocycles. The van der Waals surface area contributed by atoms with Crippen LogP contribution in [-0.2, 0) is 52.2 Å². The summed E-state index contributed by atoms with van der Waals surface area (Å²) < 4.78 is 53.1. The molecule has 5 N–H and O–H groups in total. The molecule has 2 saturated heterocycles. The van der Waals surface area contributed by atoms with Gasteiger partial charge in [0.05, 0.1) is 55.7 Å². The monoisotopic (exact) mass is 835 g/mol. The number of aliphatic hydroxyl groups excluding tert-OH is 5. The van der Waals surface area contributed by atoms with Crippen LogP contribution in [0.2, 0.25) is 0 Å². The first-order valence-corrected chi connectivity index (χ1v) is 20.5. The molecule has 0 aliphatic carbocycles. The topological polar surface area (TPSA) is 222 Å². The molecule has 0 amide bonds. The molecule has 0 spiro atoms. The summed E-state index contributed by atoms with van der Waals surface area (Å²) in [6.45, 7) is 10.2. The fourth-order valence-corrected chi connectivity index (χ4v) is 8.48. The normalized spacial score (nSPS) is 42.6. The molecule has 338 valence electrons. The third-order valence-electron chi connectivity index (χ3n) is 12.3. The summed E-state index contributed by atoms with van der Waals surface area (Å²) >= 11 is 0. The number of rotatable bonds is 13. The number of methoxy groups -OCH3 is 4. The van der Waals surface area contributed by atoms with Gasteiger partial charge in [-0.05, 0) is 59.2 Å². The van der Waals surface area contributed by atoms with E-state index >= 15 is 0 Å². The number of hydrogen-bond donors (Lipinski definition) is 5. The second-order valence-corrected chi connectivity index (χ2v) is 16.5. The first-order chi connectivity index (χ1) is 27.3. The number of aliphatic hydroxyl groups is 5. The zero-order valence-electron chi connectivity index (χ0n) is 36.5. The molecule has 58 heavy (non-hydrogen) atoms. The molecule has 2 fully saturated rings. The van der Waals surface area contributed by atoms with Crippen molar-refractivity contribution < 1.29 is 77.8 Å².